The van der Waals surface area contributed by atoms with Gasteiger partial charge < -0.3 is 4.90 Å². The van der Waals surface area contributed by atoms with E-state index in [1.165, 1.54) is 17.7 Å². The van der Waals surface area contributed by atoms with Crippen molar-refractivity contribution in [3.8, 4) is 0 Å². The highest BCUT2D eigenvalue weighted by molar-refractivity contribution is 6.35. The third-order valence-electron chi connectivity index (χ3n) is 4.39. The first kappa shape index (κ1) is 17.1. The number of piperazine rings is 1. The van der Waals surface area contributed by atoms with E-state index in [1.807, 2.05) is 24.3 Å². The van der Waals surface area contributed by atoms with E-state index in [-0.39, 0.29) is 10.8 Å². The van der Waals surface area contributed by atoms with Gasteiger partial charge in [-0.25, -0.2) is 4.39 Å². The summed E-state index contributed by atoms with van der Waals surface area (Å²) in [7, 11) is 2.14. The summed E-state index contributed by atoms with van der Waals surface area (Å²) in [6.45, 7) is 5.17. The number of hydrogen-bond acceptors (Lipinski definition) is 3. The normalized spacial score (nSPS) is 16.3. The van der Waals surface area contributed by atoms with Crippen molar-refractivity contribution in [2.24, 2.45) is 0 Å². The van der Waals surface area contributed by atoms with E-state index >= 15 is 0 Å². The summed E-state index contributed by atoms with van der Waals surface area (Å²) in [5.74, 6) is -0.634. The predicted octanol–water partition coefficient (Wildman–Crippen LogP) is 3.46. The quantitative estimate of drug-likeness (QED) is 0.792. The summed E-state index contributed by atoms with van der Waals surface area (Å²) in [5.41, 5.74) is 2.07. The van der Waals surface area contributed by atoms with Crippen LogP contribution in [0, 0.1) is 5.82 Å². The van der Waals surface area contributed by atoms with Crippen LogP contribution in [0.15, 0.2) is 42.5 Å². The first-order chi connectivity index (χ1) is 11.5. The summed E-state index contributed by atoms with van der Waals surface area (Å²) >= 11 is 5.97. The number of nitrogens with zero attached hydrogens (tertiary/aromatic N) is 2. The van der Waals surface area contributed by atoms with E-state index in [9.17, 15) is 9.18 Å². The Labute approximate surface area is 146 Å². The Morgan fingerprint density at radius 2 is 1.75 bits per heavy atom. The lowest BCUT2D eigenvalue weighted by Gasteiger charge is -2.32. The minimum absolute atomic E-state index is 0.140. The lowest BCUT2D eigenvalue weighted by Crippen LogP contribution is -2.43. The first-order valence-electron chi connectivity index (χ1n) is 8.02. The predicted molar refractivity (Wildman–Crippen MR) is 94.1 cm³/mol. The molecule has 0 N–H and O–H groups in total. The van der Waals surface area contributed by atoms with Crippen molar-refractivity contribution in [2.75, 3.05) is 33.2 Å². The van der Waals surface area contributed by atoms with Gasteiger partial charge in [-0.1, -0.05) is 35.9 Å². The summed E-state index contributed by atoms with van der Waals surface area (Å²) in [5, 5.41) is 0.140. The molecule has 1 aliphatic heterocycles. The van der Waals surface area contributed by atoms with Gasteiger partial charge in [0.2, 0.25) is 0 Å². The van der Waals surface area contributed by atoms with Crippen LogP contribution in [0.5, 0.6) is 0 Å². The molecule has 0 bridgehead atoms. The number of benzene rings is 2. The topological polar surface area (TPSA) is 23.6 Å². The van der Waals surface area contributed by atoms with Gasteiger partial charge >= 0.3 is 0 Å². The zero-order valence-electron chi connectivity index (χ0n) is 13.6. The van der Waals surface area contributed by atoms with Gasteiger partial charge in [0.05, 0.1) is 5.02 Å². The molecule has 0 unspecified atom stereocenters. The monoisotopic (exact) mass is 346 g/mol. The Hall–Kier alpha value is -1.75. The molecule has 3 rings (SSSR count). The van der Waals surface area contributed by atoms with Gasteiger partial charge in [-0.3, -0.25) is 9.69 Å². The summed E-state index contributed by atoms with van der Waals surface area (Å²) in [4.78, 5) is 17.2. The van der Waals surface area contributed by atoms with Gasteiger partial charge in [-0.2, -0.15) is 0 Å². The molecule has 1 saturated heterocycles. The van der Waals surface area contributed by atoms with E-state index in [0.717, 1.165) is 38.8 Å². The average Bonchev–Trinajstić information content (AvgIpc) is 2.57. The molecule has 0 aliphatic carbocycles. The third kappa shape index (κ3) is 4.01. The van der Waals surface area contributed by atoms with Crippen LogP contribution >= 0.6 is 11.6 Å². The Bertz CT molecular complexity index is 725. The highest BCUT2D eigenvalue weighted by Crippen LogP contribution is 2.21. The van der Waals surface area contributed by atoms with Crippen molar-refractivity contribution in [3.05, 3.63) is 70.0 Å². The molecule has 2 aromatic carbocycles. The molecule has 0 aromatic heterocycles. The van der Waals surface area contributed by atoms with Crippen LogP contribution in [0.2, 0.25) is 5.02 Å². The highest BCUT2D eigenvalue weighted by Gasteiger charge is 2.16. The second kappa shape index (κ2) is 7.43. The molecule has 1 aliphatic rings. The summed E-state index contributed by atoms with van der Waals surface area (Å²) in [6, 6.07) is 11.4. The minimum Gasteiger partial charge on any atom is -0.304 e. The summed E-state index contributed by atoms with van der Waals surface area (Å²) in [6.07, 6.45) is 0. The van der Waals surface area contributed by atoms with Crippen molar-refractivity contribution in [2.45, 2.75) is 6.54 Å². The van der Waals surface area contributed by atoms with Crippen molar-refractivity contribution in [1.29, 1.82) is 0 Å². The Kier molecular flexibility index (Phi) is 5.29. The molecule has 3 nitrogen and oxygen atoms in total. The van der Waals surface area contributed by atoms with Crippen LogP contribution in [0.25, 0.3) is 0 Å². The van der Waals surface area contributed by atoms with Crippen LogP contribution < -0.4 is 0 Å². The highest BCUT2D eigenvalue weighted by atomic mass is 35.5. The number of carbonyl (C=O) groups is 1. The van der Waals surface area contributed by atoms with Crippen LogP contribution in [0.4, 0.5) is 4.39 Å². The average molecular weight is 347 g/mol. The van der Waals surface area contributed by atoms with E-state index in [1.54, 1.807) is 0 Å². The van der Waals surface area contributed by atoms with Gasteiger partial charge in [-0.05, 0) is 30.8 Å². The molecule has 0 saturated carbocycles. The smallest absolute Gasteiger partial charge is 0.194 e. The van der Waals surface area contributed by atoms with Gasteiger partial charge in [0.1, 0.15) is 5.82 Å². The number of ketones is 1. The van der Waals surface area contributed by atoms with E-state index in [2.05, 4.69) is 16.8 Å². The lowest BCUT2D eigenvalue weighted by molar-refractivity contribution is 0.103. The van der Waals surface area contributed by atoms with Crippen LogP contribution in [0.1, 0.15) is 21.5 Å². The number of halogens is 2. The molecule has 126 valence electrons. The Morgan fingerprint density at radius 1 is 1.08 bits per heavy atom. The van der Waals surface area contributed by atoms with Crippen molar-refractivity contribution < 1.29 is 9.18 Å². The standard InChI is InChI=1S/C19H20ClFN2O/c1-22-8-10-23(11-9-22)13-14-2-4-15(5-3-14)19(24)17-7-6-16(21)12-18(17)20/h2-7,12H,8-11,13H2,1H3. The minimum atomic E-state index is -0.445. The number of rotatable bonds is 4. The van der Waals surface area contributed by atoms with E-state index < -0.39 is 5.82 Å². The van der Waals surface area contributed by atoms with Gasteiger partial charge in [0, 0.05) is 43.9 Å². The first-order valence-corrected chi connectivity index (χ1v) is 8.40. The number of carbonyl (C=O) groups excluding carboxylic acids is 1. The maximum atomic E-state index is 13.1. The fourth-order valence-electron chi connectivity index (χ4n) is 2.85. The van der Waals surface area contributed by atoms with Gasteiger partial charge in [0.25, 0.3) is 0 Å². The fraction of sp³-hybridized carbons (Fsp3) is 0.316. The number of likely N-dealkylation sites (N-methyl/N-ethyl adjacent to an activating group) is 1. The largest absolute Gasteiger partial charge is 0.304 e. The Morgan fingerprint density at radius 3 is 2.38 bits per heavy atom. The fourth-order valence-corrected chi connectivity index (χ4v) is 3.11. The van der Waals surface area contributed by atoms with Gasteiger partial charge in [-0.15, -0.1) is 0 Å². The molecule has 2 aromatic rings. The molecule has 0 radical (unpaired) electrons. The Balaban J connectivity index is 1.68. The third-order valence-corrected chi connectivity index (χ3v) is 4.71. The molecule has 1 fully saturated rings. The lowest BCUT2D eigenvalue weighted by atomic mass is 10.0. The van der Waals surface area contributed by atoms with Crippen LogP contribution in [-0.2, 0) is 6.54 Å². The molecule has 0 spiro atoms. The maximum absolute atomic E-state index is 13.1. The second-order valence-corrected chi connectivity index (χ2v) is 6.64. The van der Waals surface area contributed by atoms with Gasteiger partial charge in [0.15, 0.2) is 5.78 Å². The second-order valence-electron chi connectivity index (χ2n) is 6.23. The molecular formula is C19H20ClFN2O. The molecule has 0 amide bonds. The molecule has 1 heterocycles. The zero-order chi connectivity index (χ0) is 17.1. The molecule has 24 heavy (non-hydrogen) atoms. The number of hydrogen-bond donors (Lipinski definition) is 0. The van der Waals surface area contributed by atoms with Crippen LogP contribution in [-0.4, -0.2) is 48.8 Å². The van der Waals surface area contributed by atoms with Crippen molar-refractivity contribution in [1.82, 2.24) is 9.80 Å². The molecule has 0 atom stereocenters. The van der Waals surface area contributed by atoms with Crippen LogP contribution in [0.3, 0.4) is 0 Å². The molecular weight excluding hydrogens is 327 g/mol. The SMILES string of the molecule is CN1CCN(Cc2ccc(C(=O)c3ccc(F)cc3Cl)cc2)CC1. The summed E-state index contributed by atoms with van der Waals surface area (Å²) < 4.78 is 13.1. The van der Waals surface area contributed by atoms with E-state index in [4.69, 9.17) is 11.6 Å². The van der Waals surface area contributed by atoms with Crippen molar-refractivity contribution >= 4 is 17.4 Å². The van der Waals surface area contributed by atoms with Crippen molar-refractivity contribution in [3.63, 3.8) is 0 Å². The maximum Gasteiger partial charge on any atom is 0.194 e. The van der Waals surface area contributed by atoms with E-state index in [0.29, 0.717) is 11.1 Å². The zero-order valence-corrected chi connectivity index (χ0v) is 14.4. The molecule has 5 heteroatoms.